The topological polar surface area (TPSA) is 48.5 Å². The third kappa shape index (κ3) is 2.71. The summed E-state index contributed by atoms with van der Waals surface area (Å²) in [6.45, 7) is 6.94. The summed E-state index contributed by atoms with van der Waals surface area (Å²) in [6.07, 6.45) is 0.0292. The first kappa shape index (κ1) is 10.0. The summed E-state index contributed by atoms with van der Waals surface area (Å²) in [6, 6.07) is 1.89. The molecular formula is C9H16N3O+. The van der Waals surface area contributed by atoms with E-state index in [9.17, 15) is 4.79 Å². The van der Waals surface area contributed by atoms with Crippen molar-refractivity contribution in [1.82, 2.24) is 4.90 Å². The summed E-state index contributed by atoms with van der Waals surface area (Å²) < 4.78 is 0. The summed E-state index contributed by atoms with van der Waals surface area (Å²) in [4.78, 5) is 14.6. The van der Waals surface area contributed by atoms with Crippen LogP contribution in [0.1, 0.15) is 13.3 Å². The highest BCUT2D eigenvalue weighted by Gasteiger charge is 2.21. The number of hydrogen-bond acceptors (Lipinski definition) is 2. The lowest BCUT2D eigenvalue weighted by molar-refractivity contribution is -0.902. The number of likely N-dealkylation sites (N-methyl/N-ethyl adjacent to an activating group) is 1. The van der Waals surface area contributed by atoms with Gasteiger partial charge in [-0.3, -0.25) is 4.79 Å². The second kappa shape index (κ2) is 4.83. The molecule has 1 aliphatic heterocycles. The number of piperazine rings is 1. The lowest BCUT2D eigenvalue weighted by Crippen LogP contribution is -3.14. The highest BCUT2D eigenvalue weighted by Crippen LogP contribution is 1.93. The number of amides is 1. The Hall–Kier alpha value is -1.08. The summed E-state index contributed by atoms with van der Waals surface area (Å²) in [5.74, 6) is -0.0161. The fraction of sp³-hybridized carbons (Fsp3) is 0.778. The van der Waals surface area contributed by atoms with Crippen LogP contribution >= 0.6 is 0 Å². The number of nitrogens with one attached hydrogen (secondary N) is 1. The molecule has 0 aromatic rings. The maximum Gasteiger partial charge on any atom is 0.237 e. The SMILES string of the molecule is CC[NH+]1CCN(C(=O)CC#N)CC1. The number of quaternary nitrogens is 1. The largest absolute Gasteiger partial charge is 0.332 e. The Balaban J connectivity index is 2.33. The molecule has 0 aromatic carbocycles. The van der Waals surface area contributed by atoms with Crippen LogP contribution in [0.25, 0.3) is 0 Å². The Morgan fingerprint density at radius 3 is 2.62 bits per heavy atom. The molecule has 1 rings (SSSR count). The van der Waals surface area contributed by atoms with Crippen molar-refractivity contribution in [3.8, 4) is 6.07 Å². The summed E-state index contributed by atoms with van der Waals surface area (Å²) in [5, 5.41) is 8.36. The Labute approximate surface area is 78.7 Å². The molecule has 0 aliphatic carbocycles. The number of carbonyl (C=O) groups excluding carboxylic acids is 1. The number of hydrogen-bond donors (Lipinski definition) is 1. The Morgan fingerprint density at radius 1 is 1.54 bits per heavy atom. The van der Waals surface area contributed by atoms with Crippen LogP contribution in [0.3, 0.4) is 0 Å². The molecule has 1 amide bonds. The van der Waals surface area contributed by atoms with Gasteiger partial charge < -0.3 is 9.80 Å². The van der Waals surface area contributed by atoms with Crippen molar-refractivity contribution in [3.05, 3.63) is 0 Å². The third-order valence-electron chi connectivity index (χ3n) is 2.55. The van der Waals surface area contributed by atoms with Crippen LogP contribution in [0.5, 0.6) is 0 Å². The van der Waals surface area contributed by atoms with Gasteiger partial charge >= 0.3 is 0 Å². The second-order valence-corrected chi connectivity index (χ2v) is 3.32. The molecule has 0 bridgehead atoms. The summed E-state index contributed by atoms with van der Waals surface area (Å²) in [7, 11) is 0. The summed E-state index contributed by atoms with van der Waals surface area (Å²) >= 11 is 0. The van der Waals surface area contributed by atoms with Crippen LogP contribution in [0.15, 0.2) is 0 Å². The maximum atomic E-state index is 11.3. The van der Waals surface area contributed by atoms with E-state index in [1.165, 1.54) is 0 Å². The minimum absolute atomic E-state index is 0.0161. The van der Waals surface area contributed by atoms with Crippen molar-refractivity contribution < 1.29 is 9.69 Å². The molecule has 1 aliphatic rings. The standard InChI is InChI=1S/C9H15N3O/c1-2-11-5-7-12(8-6-11)9(13)3-4-10/h2-3,5-8H2,1H3/p+1. The van der Waals surface area contributed by atoms with Crippen LogP contribution in [0.4, 0.5) is 0 Å². The molecule has 4 heteroatoms. The van der Waals surface area contributed by atoms with Crippen molar-refractivity contribution in [2.45, 2.75) is 13.3 Å². The van der Waals surface area contributed by atoms with Gasteiger partial charge in [0.05, 0.1) is 38.8 Å². The smallest absolute Gasteiger partial charge is 0.237 e. The minimum atomic E-state index is -0.0161. The first-order valence-corrected chi connectivity index (χ1v) is 4.76. The minimum Gasteiger partial charge on any atom is -0.332 e. The molecule has 4 nitrogen and oxygen atoms in total. The zero-order chi connectivity index (χ0) is 9.68. The maximum absolute atomic E-state index is 11.3. The van der Waals surface area contributed by atoms with Gasteiger partial charge in [-0.1, -0.05) is 0 Å². The fourth-order valence-electron chi connectivity index (χ4n) is 1.61. The molecule has 1 fully saturated rings. The number of rotatable bonds is 2. The van der Waals surface area contributed by atoms with Gasteiger partial charge in [-0.05, 0) is 6.92 Å². The molecule has 0 unspecified atom stereocenters. The normalized spacial score (nSPS) is 18.3. The Morgan fingerprint density at radius 2 is 2.15 bits per heavy atom. The van der Waals surface area contributed by atoms with E-state index in [0.717, 1.165) is 32.7 Å². The fourth-order valence-corrected chi connectivity index (χ4v) is 1.61. The first-order chi connectivity index (χ1) is 6.27. The first-order valence-electron chi connectivity index (χ1n) is 4.76. The highest BCUT2D eigenvalue weighted by molar-refractivity contribution is 5.78. The van der Waals surface area contributed by atoms with E-state index >= 15 is 0 Å². The van der Waals surface area contributed by atoms with Gasteiger partial charge in [0.15, 0.2) is 0 Å². The average molecular weight is 182 g/mol. The monoisotopic (exact) mass is 182 g/mol. The molecule has 1 N–H and O–H groups in total. The molecule has 0 atom stereocenters. The quantitative estimate of drug-likeness (QED) is 0.574. The van der Waals surface area contributed by atoms with Gasteiger partial charge in [0.2, 0.25) is 5.91 Å². The number of nitrogens with zero attached hydrogens (tertiary/aromatic N) is 2. The molecular weight excluding hydrogens is 166 g/mol. The van der Waals surface area contributed by atoms with Gasteiger partial charge in [0.25, 0.3) is 0 Å². The molecule has 0 spiro atoms. The van der Waals surface area contributed by atoms with Crippen molar-refractivity contribution >= 4 is 5.91 Å². The third-order valence-corrected chi connectivity index (χ3v) is 2.55. The van der Waals surface area contributed by atoms with Gasteiger partial charge in [-0.15, -0.1) is 0 Å². The molecule has 72 valence electrons. The molecule has 1 heterocycles. The Kier molecular flexibility index (Phi) is 3.71. The lowest BCUT2D eigenvalue weighted by Gasteiger charge is -2.31. The van der Waals surface area contributed by atoms with E-state index in [0.29, 0.717) is 0 Å². The molecule has 1 saturated heterocycles. The van der Waals surface area contributed by atoms with E-state index in [-0.39, 0.29) is 12.3 Å². The van der Waals surface area contributed by atoms with E-state index in [4.69, 9.17) is 5.26 Å². The highest BCUT2D eigenvalue weighted by atomic mass is 16.2. The van der Waals surface area contributed by atoms with Gasteiger partial charge in [-0.25, -0.2) is 0 Å². The number of nitriles is 1. The van der Waals surface area contributed by atoms with Crippen molar-refractivity contribution in [1.29, 1.82) is 5.26 Å². The van der Waals surface area contributed by atoms with Crippen LogP contribution in [0.2, 0.25) is 0 Å². The second-order valence-electron chi connectivity index (χ2n) is 3.32. The van der Waals surface area contributed by atoms with E-state index in [1.807, 2.05) is 6.07 Å². The molecule has 0 radical (unpaired) electrons. The number of carbonyl (C=O) groups is 1. The van der Waals surface area contributed by atoms with Gasteiger partial charge in [0, 0.05) is 0 Å². The van der Waals surface area contributed by atoms with Crippen LogP contribution in [0, 0.1) is 11.3 Å². The van der Waals surface area contributed by atoms with Crippen molar-refractivity contribution in [3.63, 3.8) is 0 Å². The van der Waals surface area contributed by atoms with E-state index < -0.39 is 0 Å². The molecule has 0 aromatic heterocycles. The molecule has 13 heavy (non-hydrogen) atoms. The summed E-state index contributed by atoms with van der Waals surface area (Å²) in [5.41, 5.74) is 0. The van der Waals surface area contributed by atoms with Crippen LogP contribution in [-0.2, 0) is 4.79 Å². The van der Waals surface area contributed by atoms with Crippen molar-refractivity contribution in [2.24, 2.45) is 0 Å². The zero-order valence-corrected chi connectivity index (χ0v) is 8.05. The lowest BCUT2D eigenvalue weighted by atomic mass is 10.3. The van der Waals surface area contributed by atoms with E-state index in [1.54, 1.807) is 9.80 Å². The van der Waals surface area contributed by atoms with Crippen LogP contribution < -0.4 is 4.90 Å². The van der Waals surface area contributed by atoms with Gasteiger partial charge in [0.1, 0.15) is 6.42 Å². The predicted octanol–water partition coefficient (Wildman–Crippen LogP) is -1.35. The van der Waals surface area contributed by atoms with E-state index in [2.05, 4.69) is 6.92 Å². The zero-order valence-electron chi connectivity index (χ0n) is 8.05. The van der Waals surface area contributed by atoms with Gasteiger partial charge in [-0.2, -0.15) is 5.26 Å². The average Bonchev–Trinajstić information content (AvgIpc) is 2.18. The van der Waals surface area contributed by atoms with Crippen molar-refractivity contribution in [2.75, 3.05) is 32.7 Å². The molecule has 0 saturated carbocycles. The predicted molar refractivity (Wildman–Crippen MR) is 48.0 cm³/mol. The Bertz CT molecular complexity index is 213. The van der Waals surface area contributed by atoms with Crippen LogP contribution in [-0.4, -0.2) is 43.5 Å².